The van der Waals surface area contributed by atoms with Gasteiger partial charge in [0.1, 0.15) is 11.2 Å². The molecule has 218 valence electrons. The lowest BCUT2D eigenvalue weighted by molar-refractivity contribution is 0.0203. The van der Waals surface area contributed by atoms with Crippen molar-refractivity contribution in [3.8, 4) is 0 Å². The third kappa shape index (κ3) is 9.81. The third-order valence-corrected chi connectivity index (χ3v) is 6.70. The van der Waals surface area contributed by atoms with E-state index in [2.05, 4.69) is 18.2 Å². The summed E-state index contributed by atoms with van der Waals surface area (Å²) in [6.07, 6.45) is 4.42. The van der Waals surface area contributed by atoms with Gasteiger partial charge in [0.05, 0.1) is 0 Å². The first-order chi connectivity index (χ1) is 18.7. The molecule has 2 heterocycles. The molecule has 0 saturated carbocycles. The van der Waals surface area contributed by atoms with Crippen LogP contribution >= 0.6 is 0 Å². The summed E-state index contributed by atoms with van der Waals surface area (Å²) in [4.78, 5) is 27.5. The zero-order valence-corrected chi connectivity index (χ0v) is 24.9. The largest absolute Gasteiger partial charge is 0.444 e. The first-order valence-corrected chi connectivity index (χ1v) is 14.1. The fourth-order valence-corrected chi connectivity index (χ4v) is 4.61. The molecule has 0 unspecified atom stereocenters. The Morgan fingerprint density at radius 3 is 1.65 bits per heavy atom. The van der Waals surface area contributed by atoms with Gasteiger partial charge in [-0.15, -0.1) is 0 Å². The van der Waals surface area contributed by atoms with E-state index in [-0.39, 0.29) is 12.2 Å². The summed E-state index contributed by atoms with van der Waals surface area (Å²) in [6, 6.07) is 15.9. The number of nitrogen functional groups attached to an aromatic ring is 2. The number of hydrogen-bond donors (Lipinski definition) is 2. The van der Waals surface area contributed by atoms with E-state index in [0.29, 0.717) is 19.0 Å². The van der Waals surface area contributed by atoms with Gasteiger partial charge < -0.3 is 30.7 Å². The Kier molecular flexibility index (Phi) is 10.1. The molecule has 4 rings (SSSR count). The van der Waals surface area contributed by atoms with Crippen molar-refractivity contribution in [2.75, 3.05) is 37.6 Å². The SMILES string of the molecule is CC(C)(C)OC(=O)N1CC=C(c2ccc(N)cc2)CC1.CC(C)(C)OC(=O)N1CCC(c2ccc(N)cc2)CC1. The number of benzene rings is 2. The van der Waals surface area contributed by atoms with Crippen molar-refractivity contribution < 1.29 is 19.1 Å². The summed E-state index contributed by atoms with van der Waals surface area (Å²) >= 11 is 0. The van der Waals surface area contributed by atoms with Crippen LogP contribution < -0.4 is 11.5 Å². The van der Waals surface area contributed by atoms with Crippen LogP contribution in [0.15, 0.2) is 54.6 Å². The first kappa shape index (κ1) is 30.9. The van der Waals surface area contributed by atoms with E-state index < -0.39 is 11.2 Å². The first-order valence-electron chi connectivity index (χ1n) is 14.1. The number of nitrogens with two attached hydrogens (primary N) is 2. The molecular formula is C32H46N4O4. The van der Waals surface area contributed by atoms with E-state index in [0.717, 1.165) is 43.7 Å². The lowest BCUT2D eigenvalue weighted by Gasteiger charge is -2.33. The molecule has 2 aliphatic heterocycles. The van der Waals surface area contributed by atoms with E-state index in [9.17, 15) is 9.59 Å². The zero-order chi connectivity index (χ0) is 29.5. The molecule has 0 atom stereocenters. The fourth-order valence-electron chi connectivity index (χ4n) is 4.61. The molecular weight excluding hydrogens is 504 g/mol. The van der Waals surface area contributed by atoms with E-state index in [1.807, 2.05) is 77.9 Å². The predicted octanol–water partition coefficient (Wildman–Crippen LogP) is 6.68. The van der Waals surface area contributed by atoms with E-state index in [4.69, 9.17) is 20.9 Å². The standard InChI is InChI=1S/C16H24N2O2.C16H22N2O2/c2*1-16(2,3)20-15(19)18-10-8-13(9-11-18)12-4-6-14(17)7-5-12/h4-7,13H,8-11,17H2,1-3H3;4-8H,9-11,17H2,1-3H3. The van der Waals surface area contributed by atoms with Crippen molar-refractivity contribution in [2.45, 2.75) is 77.9 Å². The van der Waals surface area contributed by atoms with Crippen LogP contribution in [0.5, 0.6) is 0 Å². The van der Waals surface area contributed by atoms with Gasteiger partial charge in [0.2, 0.25) is 0 Å². The Balaban J connectivity index is 0.000000220. The normalized spacial score (nSPS) is 16.4. The van der Waals surface area contributed by atoms with Crippen molar-refractivity contribution in [3.63, 3.8) is 0 Å². The van der Waals surface area contributed by atoms with Crippen molar-refractivity contribution in [2.24, 2.45) is 0 Å². The molecule has 4 N–H and O–H groups in total. The van der Waals surface area contributed by atoms with Crippen LogP contribution in [0.25, 0.3) is 5.57 Å². The van der Waals surface area contributed by atoms with E-state index in [1.54, 1.807) is 9.80 Å². The quantitative estimate of drug-likeness (QED) is 0.404. The number of hydrogen-bond acceptors (Lipinski definition) is 6. The van der Waals surface area contributed by atoms with Gasteiger partial charge in [0.25, 0.3) is 0 Å². The monoisotopic (exact) mass is 550 g/mol. The van der Waals surface area contributed by atoms with Crippen LogP contribution in [-0.4, -0.2) is 59.4 Å². The Labute approximate surface area is 239 Å². The number of carbonyl (C=O) groups excluding carboxylic acids is 2. The number of anilines is 2. The number of piperidine rings is 1. The number of carbonyl (C=O) groups is 2. The second-order valence-electron chi connectivity index (χ2n) is 12.4. The molecule has 0 radical (unpaired) electrons. The molecule has 0 bridgehead atoms. The van der Waals surface area contributed by atoms with Crippen LogP contribution in [-0.2, 0) is 9.47 Å². The minimum Gasteiger partial charge on any atom is -0.444 e. The Hall–Kier alpha value is -3.68. The molecule has 1 fully saturated rings. The average molecular weight is 551 g/mol. The van der Waals surface area contributed by atoms with Crippen molar-refractivity contribution >= 4 is 29.1 Å². The Bertz CT molecular complexity index is 1150. The van der Waals surface area contributed by atoms with Gasteiger partial charge in [-0.1, -0.05) is 30.3 Å². The Morgan fingerprint density at radius 1 is 0.725 bits per heavy atom. The van der Waals surface area contributed by atoms with Crippen LogP contribution in [0.1, 0.15) is 77.8 Å². The molecule has 8 nitrogen and oxygen atoms in total. The van der Waals surface area contributed by atoms with Gasteiger partial charge >= 0.3 is 12.2 Å². The lowest BCUT2D eigenvalue weighted by atomic mass is 9.89. The van der Waals surface area contributed by atoms with Gasteiger partial charge in [-0.05, 0) is 108 Å². The third-order valence-electron chi connectivity index (χ3n) is 6.70. The average Bonchev–Trinajstić information content (AvgIpc) is 2.88. The number of amides is 2. The second kappa shape index (κ2) is 13.1. The molecule has 2 aromatic rings. The molecule has 0 spiro atoms. The van der Waals surface area contributed by atoms with Crippen molar-refractivity contribution in [3.05, 3.63) is 65.7 Å². The zero-order valence-electron chi connectivity index (χ0n) is 24.9. The summed E-state index contributed by atoms with van der Waals surface area (Å²) in [7, 11) is 0. The van der Waals surface area contributed by atoms with Crippen LogP contribution in [0.3, 0.4) is 0 Å². The molecule has 2 aromatic carbocycles. The number of nitrogens with zero attached hydrogens (tertiary/aromatic N) is 2. The minimum absolute atomic E-state index is 0.201. The lowest BCUT2D eigenvalue weighted by Crippen LogP contribution is -2.41. The maximum Gasteiger partial charge on any atom is 0.410 e. The molecule has 2 amide bonds. The summed E-state index contributed by atoms with van der Waals surface area (Å²) in [5, 5.41) is 0. The van der Waals surface area contributed by atoms with Crippen molar-refractivity contribution in [1.29, 1.82) is 0 Å². The summed E-state index contributed by atoms with van der Waals surface area (Å²) in [5.74, 6) is 0.509. The second-order valence-corrected chi connectivity index (χ2v) is 12.4. The summed E-state index contributed by atoms with van der Waals surface area (Å²) in [6.45, 7) is 14.1. The molecule has 2 aliphatic rings. The van der Waals surface area contributed by atoms with Gasteiger partial charge in [-0.2, -0.15) is 0 Å². The fraction of sp³-hybridized carbons (Fsp3) is 0.500. The van der Waals surface area contributed by atoms with Crippen molar-refractivity contribution in [1.82, 2.24) is 9.80 Å². The highest BCUT2D eigenvalue weighted by Crippen LogP contribution is 2.29. The van der Waals surface area contributed by atoms with E-state index in [1.165, 1.54) is 16.7 Å². The maximum absolute atomic E-state index is 12.0. The van der Waals surface area contributed by atoms with Gasteiger partial charge in [0, 0.05) is 37.6 Å². The van der Waals surface area contributed by atoms with E-state index >= 15 is 0 Å². The molecule has 1 saturated heterocycles. The predicted molar refractivity (Wildman–Crippen MR) is 162 cm³/mol. The topological polar surface area (TPSA) is 111 Å². The minimum atomic E-state index is -0.446. The molecule has 8 heteroatoms. The molecule has 40 heavy (non-hydrogen) atoms. The molecule has 0 aromatic heterocycles. The number of likely N-dealkylation sites (tertiary alicyclic amines) is 1. The smallest absolute Gasteiger partial charge is 0.410 e. The number of ether oxygens (including phenoxy) is 2. The highest BCUT2D eigenvalue weighted by molar-refractivity contribution is 5.73. The van der Waals surface area contributed by atoms with Gasteiger partial charge in [-0.25, -0.2) is 9.59 Å². The maximum atomic E-state index is 12.0. The van der Waals surface area contributed by atoms with Crippen LogP contribution in [0.4, 0.5) is 21.0 Å². The number of rotatable bonds is 2. The summed E-state index contributed by atoms with van der Waals surface area (Å²) in [5.41, 5.74) is 15.8. The van der Waals surface area contributed by atoms with Crippen LogP contribution in [0, 0.1) is 0 Å². The van der Waals surface area contributed by atoms with Gasteiger partial charge in [0.15, 0.2) is 0 Å². The van der Waals surface area contributed by atoms with Gasteiger partial charge in [-0.3, -0.25) is 0 Å². The highest BCUT2D eigenvalue weighted by Gasteiger charge is 2.27. The van der Waals surface area contributed by atoms with Crippen LogP contribution in [0.2, 0.25) is 0 Å². The Morgan fingerprint density at radius 2 is 1.20 bits per heavy atom. The highest BCUT2D eigenvalue weighted by atomic mass is 16.6. The molecule has 0 aliphatic carbocycles. The summed E-state index contributed by atoms with van der Waals surface area (Å²) < 4.78 is 10.8.